The quantitative estimate of drug-likeness (QED) is 0.877. The molecular weight excluding hydrogens is 212 g/mol. The van der Waals surface area contributed by atoms with E-state index in [9.17, 15) is 5.11 Å². The summed E-state index contributed by atoms with van der Waals surface area (Å²) in [4.78, 5) is 0. The number of rotatable bonds is 3. The first-order chi connectivity index (χ1) is 8.24. The van der Waals surface area contributed by atoms with Crippen molar-refractivity contribution in [3.05, 3.63) is 47.8 Å². The predicted molar refractivity (Wildman–Crippen MR) is 66.2 cm³/mol. The van der Waals surface area contributed by atoms with Crippen molar-refractivity contribution in [3.8, 4) is 5.69 Å². The minimum Gasteiger partial charge on any atom is -0.389 e. The van der Waals surface area contributed by atoms with Crippen LogP contribution in [0.15, 0.2) is 36.5 Å². The zero-order chi connectivity index (χ0) is 11.8. The summed E-state index contributed by atoms with van der Waals surface area (Å²) in [7, 11) is 0. The second-order valence-corrected chi connectivity index (χ2v) is 4.73. The highest BCUT2D eigenvalue weighted by atomic mass is 16.3. The van der Waals surface area contributed by atoms with E-state index in [1.54, 1.807) is 6.92 Å². The molecule has 0 bridgehead atoms. The van der Waals surface area contributed by atoms with Crippen molar-refractivity contribution in [2.45, 2.75) is 31.8 Å². The van der Waals surface area contributed by atoms with Crippen molar-refractivity contribution in [1.82, 2.24) is 9.78 Å². The van der Waals surface area contributed by atoms with Crippen molar-refractivity contribution in [2.24, 2.45) is 0 Å². The van der Waals surface area contributed by atoms with Gasteiger partial charge in [-0.25, -0.2) is 4.68 Å². The van der Waals surface area contributed by atoms with Gasteiger partial charge in [-0.05, 0) is 43.5 Å². The molecule has 3 rings (SSSR count). The summed E-state index contributed by atoms with van der Waals surface area (Å²) >= 11 is 0. The Labute approximate surface area is 101 Å². The van der Waals surface area contributed by atoms with Gasteiger partial charge in [0.15, 0.2) is 0 Å². The lowest BCUT2D eigenvalue weighted by Gasteiger charge is -2.06. The summed E-state index contributed by atoms with van der Waals surface area (Å²) in [5.41, 5.74) is 3.18. The van der Waals surface area contributed by atoms with Crippen LogP contribution >= 0.6 is 0 Å². The third-order valence-electron chi connectivity index (χ3n) is 3.25. The van der Waals surface area contributed by atoms with Crippen LogP contribution < -0.4 is 0 Å². The molecule has 1 aromatic heterocycles. The Bertz CT molecular complexity index is 509. The molecule has 1 heterocycles. The highest BCUT2D eigenvalue weighted by Gasteiger charge is 2.25. The third-order valence-corrected chi connectivity index (χ3v) is 3.25. The molecule has 1 fully saturated rings. The van der Waals surface area contributed by atoms with Crippen LogP contribution in [0.3, 0.4) is 0 Å². The molecule has 0 aliphatic heterocycles. The Hall–Kier alpha value is -1.61. The molecule has 88 valence electrons. The van der Waals surface area contributed by atoms with E-state index in [1.807, 2.05) is 35.1 Å². The molecule has 1 aliphatic rings. The van der Waals surface area contributed by atoms with Crippen LogP contribution in [0.1, 0.15) is 43.0 Å². The first-order valence-electron chi connectivity index (χ1n) is 6.08. The van der Waals surface area contributed by atoms with Crippen LogP contribution in [0.25, 0.3) is 5.69 Å². The Morgan fingerprint density at radius 1 is 1.24 bits per heavy atom. The lowest BCUT2D eigenvalue weighted by atomic mass is 10.1. The minimum atomic E-state index is -0.413. The average molecular weight is 228 g/mol. The maximum Gasteiger partial charge on any atom is 0.0761 e. The fourth-order valence-corrected chi connectivity index (χ4v) is 1.98. The van der Waals surface area contributed by atoms with Crippen LogP contribution in [0.5, 0.6) is 0 Å². The van der Waals surface area contributed by atoms with E-state index in [-0.39, 0.29) is 0 Å². The van der Waals surface area contributed by atoms with Gasteiger partial charge in [0.1, 0.15) is 0 Å². The molecule has 1 N–H and O–H groups in total. The van der Waals surface area contributed by atoms with Gasteiger partial charge in [0.25, 0.3) is 0 Å². The van der Waals surface area contributed by atoms with Crippen molar-refractivity contribution in [1.29, 1.82) is 0 Å². The average Bonchev–Trinajstić information content (AvgIpc) is 3.07. The summed E-state index contributed by atoms with van der Waals surface area (Å²) in [5.74, 6) is 0.688. The van der Waals surface area contributed by atoms with E-state index in [0.29, 0.717) is 5.92 Å². The number of hydrogen-bond acceptors (Lipinski definition) is 2. The molecule has 2 aromatic rings. The minimum absolute atomic E-state index is 0.413. The molecule has 3 nitrogen and oxygen atoms in total. The Balaban J connectivity index is 1.86. The van der Waals surface area contributed by atoms with Crippen LogP contribution in [0.4, 0.5) is 0 Å². The summed E-state index contributed by atoms with van der Waals surface area (Å²) < 4.78 is 1.90. The van der Waals surface area contributed by atoms with Gasteiger partial charge in [-0.1, -0.05) is 12.1 Å². The SMILES string of the molecule is C[C@@H](O)c1ccc(-n2ccc(C3CC3)n2)cc1. The molecule has 0 radical (unpaired) electrons. The van der Waals surface area contributed by atoms with Gasteiger partial charge in [0.2, 0.25) is 0 Å². The molecule has 3 heteroatoms. The third kappa shape index (κ3) is 2.11. The molecule has 0 spiro atoms. The monoisotopic (exact) mass is 228 g/mol. The number of aliphatic hydroxyl groups is 1. The maximum atomic E-state index is 9.45. The molecule has 17 heavy (non-hydrogen) atoms. The van der Waals surface area contributed by atoms with E-state index < -0.39 is 6.10 Å². The number of benzene rings is 1. The van der Waals surface area contributed by atoms with E-state index in [0.717, 1.165) is 11.3 Å². The summed E-state index contributed by atoms with van der Waals surface area (Å²) in [6.07, 6.45) is 4.14. The van der Waals surface area contributed by atoms with Gasteiger partial charge in [-0.3, -0.25) is 0 Å². The zero-order valence-electron chi connectivity index (χ0n) is 9.87. The number of aromatic nitrogens is 2. The van der Waals surface area contributed by atoms with Gasteiger partial charge >= 0.3 is 0 Å². The highest BCUT2D eigenvalue weighted by Crippen LogP contribution is 2.39. The van der Waals surface area contributed by atoms with Gasteiger partial charge < -0.3 is 5.11 Å². The zero-order valence-corrected chi connectivity index (χ0v) is 9.87. The predicted octanol–water partition coefficient (Wildman–Crippen LogP) is 2.80. The van der Waals surface area contributed by atoms with Gasteiger partial charge in [0.05, 0.1) is 17.5 Å². The number of hydrogen-bond donors (Lipinski definition) is 1. The summed E-state index contributed by atoms with van der Waals surface area (Å²) in [6, 6.07) is 9.97. The van der Waals surface area contributed by atoms with Crippen molar-refractivity contribution >= 4 is 0 Å². The molecule has 1 aromatic carbocycles. The second-order valence-electron chi connectivity index (χ2n) is 4.73. The molecule has 0 saturated heterocycles. The fourth-order valence-electron chi connectivity index (χ4n) is 1.98. The Morgan fingerprint density at radius 3 is 2.53 bits per heavy atom. The smallest absolute Gasteiger partial charge is 0.0761 e. The molecule has 1 saturated carbocycles. The topological polar surface area (TPSA) is 38.0 Å². The standard InChI is InChI=1S/C14H16N2O/c1-10(17)11-4-6-13(7-5-11)16-9-8-14(15-16)12-2-3-12/h4-10,12,17H,2-3H2,1H3/t10-/m1/s1. The van der Waals surface area contributed by atoms with Gasteiger partial charge in [-0.2, -0.15) is 5.10 Å². The summed E-state index contributed by atoms with van der Waals surface area (Å²) in [6.45, 7) is 1.77. The van der Waals surface area contributed by atoms with Crippen LogP contribution in [0.2, 0.25) is 0 Å². The Morgan fingerprint density at radius 2 is 1.94 bits per heavy atom. The van der Waals surface area contributed by atoms with Gasteiger partial charge in [-0.15, -0.1) is 0 Å². The van der Waals surface area contributed by atoms with E-state index in [4.69, 9.17) is 0 Å². The number of aliphatic hydroxyl groups excluding tert-OH is 1. The maximum absolute atomic E-state index is 9.45. The van der Waals surface area contributed by atoms with Crippen LogP contribution in [-0.2, 0) is 0 Å². The van der Waals surface area contributed by atoms with Crippen LogP contribution in [-0.4, -0.2) is 14.9 Å². The summed E-state index contributed by atoms with van der Waals surface area (Å²) in [5, 5.41) is 14.0. The largest absolute Gasteiger partial charge is 0.389 e. The lowest BCUT2D eigenvalue weighted by molar-refractivity contribution is 0.199. The van der Waals surface area contributed by atoms with E-state index >= 15 is 0 Å². The van der Waals surface area contributed by atoms with Crippen molar-refractivity contribution in [3.63, 3.8) is 0 Å². The molecule has 1 atom stereocenters. The van der Waals surface area contributed by atoms with Crippen LogP contribution in [0, 0.1) is 0 Å². The fraction of sp³-hybridized carbons (Fsp3) is 0.357. The first kappa shape index (κ1) is 10.5. The highest BCUT2D eigenvalue weighted by molar-refractivity contribution is 5.35. The number of nitrogens with zero attached hydrogens (tertiary/aromatic N) is 2. The van der Waals surface area contributed by atoms with Crippen molar-refractivity contribution < 1.29 is 5.11 Å². The molecular formula is C14H16N2O. The molecule has 0 amide bonds. The lowest BCUT2D eigenvalue weighted by Crippen LogP contribution is -1.97. The van der Waals surface area contributed by atoms with E-state index in [2.05, 4.69) is 11.2 Å². The normalized spacial score (nSPS) is 17.1. The second kappa shape index (κ2) is 4.00. The Kier molecular flexibility index (Phi) is 2.48. The van der Waals surface area contributed by atoms with Gasteiger partial charge in [0, 0.05) is 12.1 Å². The molecule has 0 unspecified atom stereocenters. The first-order valence-corrected chi connectivity index (χ1v) is 6.08. The van der Waals surface area contributed by atoms with Crippen molar-refractivity contribution in [2.75, 3.05) is 0 Å². The molecule has 1 aliphatic carbocycles. The van der Waals surface area contributed by atoms with E-state index in [1.165, 1.54) is 18.5 Å².